The van der Waals surface area contributed by atoms with Gasteiger partial charge in [-0.2, -0.15) is 0 Å². The van der Waals surface area contributed by atoms with Gasteiger partial charge >= 0.3 is 0 Å². The van der Waals surface area contributed by atoms with Gasteiger partial charge in [-0.1, -0.05) is 0 Å². The minimum atomic E-state index is -0.463. The molecule has 3 N–H and O–H groups in total. The average Bonchev–Trinajstić information content (AvgIpc) is 3.02. The average molecular weight is 227 g/mol. The van der Waals surface area contributed by atoms with Crippen molar-refractivity contribution < 1.29 is 9.59 Å². The van der Waals surface area contributed by atoms with Crippen LogP contribution in [-0.4, -0.2) is 37.5 Å². The largest absolute Gasteiger partial charge is 0.355 e. The molecule has 0 aromatic rings. The van der Waals surface area contributed by atoms with Crippen molar-refractivity contribution in [3.05, 3.63) is 0 Å². The zero-order valence-electron chi connectivity index (χ0n) is 10.0. The van der Waals surface area contributed by atoms with Gasteiger partial charge in [0.25, 0.3) is 0 Å². The highest BCUT2D eigenvalue weighted by Gasteiger charge is 2.21. The normalized spacial score (nSPS) is 16.6. The first-order chi connectivity index (χ1) is 7.63. The molecule has 2 amide bonds. The first-order valence-electron chi connectivity index (χ1n) is 5.91. The van der Waals surface area contributed by atoms with Crippen molar-refractivity contribution >= 4 is 11.8 Å². The number of amides is 2. The van der Waals surface area contributed by atoms with Crippen molar-refractivity contribution in [2.24, 2.45) is 5.92 Å². The predicted octanol–water partition coefficient (Wildman–Crippen LogP) is -0.373. The van der Waals surface area contributed by atoms with Gasteiger partial charge in [-0.3, -0.25) is 9.59 Å². The fraction of sp³-hybridized carbons (Fsp3) is 0.818. The van der Waals surface area contributed by atoms with Crippen LogP contribution in [0, 0.1) is 5.92 Å². The molecule has 0 saturated heterocycles. The van der Waals surface area contributed by atoms with E-state index in [0.717, 1.165) is 12.5 Å². The molecule has 0 bridgehead atoms. The number of hydrogen-bond donors (Lipinski definition) is 3. The van der Waals surface area contributed by atoms with Gasteiger partial charge in [0.2, 0.25) is 11.8 Å². The van der Waals surface area contributed by atoms with E-state index in [0.29, 0.717) is 13.1 Å². The third-order valence-electron chi connectivity index (χ3n) is 2.54. The molecule has 1 aliphatic carbocycles. The summed E-state index contributed by atoms with van der Waals surface area (Å²) in [6.45, 7) is 5.32. The SMILES string of the molecule is CCNC(=O)C(C)NC(=O)CNCC1CC1. The molecular weight excluding hydrogens is 206 g/mol. The lowest BCUT2D eigenvalue weighted by Crippen LogP contribution is -2.47. The fourth-order valence-corrected chi connectivity index (χ4v) is 1.40. The Morgan fingerprint density at radius 3 is 2.62 bits per heavy atom. The van der Waals surface area contributed by atoms with Crippen molar-refractivity contribution in [2.75, 3.05) is 19.6 Å². The molecule has 16 heavy (non-hydrogen) atoms. The second-order valence-electron chi connectivity index (χ2n) is 4.26. The zero-order chi connectivity index (χ0) is 12.0. The van der Waals surface area contributed by atoms with E-state index in [4.69, 9.17) is 0 Å². The molecule has 1 rings (SSSR count). The zero-order valence-corrected chi connectivity index (χ0v) is 10.0. The Labute approximate surface area is 96.4 Å². The smallest absolute Gasteiger partial charge is 0.242 e. The highest BCUT2D eigenvalue weighted by Crippen LogP contribution is 2.27. The van der Waals surface area contributed by atoms with Gasteiger partial charge in [0.15, 0.2) is 0 Å². The molecule has 0 spiro atoms. The summed E-state index contributed by atoms with van der Waals surface area (Å²) in [5.74, 6) is 0.492. The fourth-order valence-electron chi connectivity index (χ4n) is 1.40. The lowest BCUT2D eigenvalue weighted by Gasteiger charge is -2.13. The summed E-state index contributed by atoms with van der Waals surface area (Å²) >= 11 is 0. The van der Waals surface area contributed by atoms with Crippen LogP contribution in [0.2, 0.25) is 0 Å². The molecule has 0 radical (unpaired) electrons. The topological polar surface area (TPSA) is 70.2 Å². The second kappa shape index (κ2) is 6.48. The first kappa shape index (κ1) is 13.0. The number of carbonyl (C=O) groups excluding carboxylic acids is 2. The Hall–Kier alpha value is -1.10. The van der Waals surface area contributed by atoms with Gasteiger partial charge in [0.05, 0.1) is 6.54 Å². The Bertz CT molecular complexity index is 252. The summed E-state index contributed by atoms with van der Waals surface area (Å²) in [5, 5.41) is 8.39. The van der Waals surface area contributed by atoms with Crippen LogP contribution in [0.15, 0.2) is 0 Å². The van der Waals surface area contributed by atoms with E-state index in [1.54, 1.807) is 6.92 Å². The van der Waals surface area contributed by atoms with Crippen LogP contribution in [0.25, 0.3) is 0 Å². The van der Waals surface area contributed by atoms with E-state index in [9.17, 15) is 9.59 Å². The van der Waals surface area contributed by atoms with E-state index in [-0.39, 0.29) is 11.8 Å². The summed E-state index contributed by atoms with van der Waals surface area (Å²) in [5.41, 5.74) is 0. The monoisotopic (exact) mass is 227 g/mol. The molecule has 0 aromatic heterocycles. The van der Waals surface area contributed by atoms with Gasteiger partial charge in [-0.25, -0.2) is 0 Å². The summed E-state index contributed by atoms with van der Waals surface area (Å²) in [7, 11) is 0. The highest BCUT2D eigenvalue weighted by molar-refractivity contribution is 5.87. The van der Waals surface area contributed by atoms with Gasteiger partial charge < -0.3 is 16.0 Å². The molecular formula is C11H21N3O2. The van der Waals surface area contributed by atoms with Crippen LogP contribution >= 0.6 is 0 Å². The highest BCUT2D eigenvalue weighted by atomic mass is 16.2. The molecule has 0 aromatic carbocycles. The maximum atomic E-state index is 11.4. The standard InChI is InChI=1S/C11H21N3O2/c1-3-13-11(16)8(2)14-10(15)7-12-6-9-4-5-9/h8-9,12H,3-7H2,1-2H3,(H,13,16)(H,14,15). The van der Waals surface area contributed by atoms with Crippen LogP contribution in [0.5, 0.6) is 0 Å². The molecule has 1 fully saturated rings. The Kier molecular flexibility index (Phi) is 5.25. The van der Waals surface area contributed by atoms with Crippen LogP contribution in [0.1, 0.15) is 26.7 Å². The minimum absolute atomic E-state index is 0.126. The van der Waals surface area contributed by atoms with Crippen LogP contribution < -0.4 is 16.0 Å². The van der Waals surface area contributed by atoms with Gasteiger partial charge in [0, 0.05) is 6.54 Å². The summed E-state index contributed by atoms with van der Waals surface area (Å²) < 4.78 is 0. The Morgan fingerprint density at radius 2 is 2.06 bits per heavy atom. The van der Waals surface area contributed by atoms with Crippen molar-refractivity contribution in [2.45, 2.75) is 32.7 Å². The van der Waals surface area contributed by atoms with Crippen molar-refractivity contribution in [1.82, 2.24) is 16.0 Å². The second-order valence-corrected chi connectivity index (χ2v) is 4.26. The van der Waals surface area contributed by atoms with E-state index in [1.165, 1.54) is 12.8 Å². The number of hydrogen-bond acceptors (Lipinski definition) is 3. The number of carbonyl (C=O) groups is 2. The number of rotatable bonds is 7. The van der Waals surface area contributed by atoms with Gasteiger partial charge in [-0.15, -0.1) is 0 Å². The van der Waals surface area contributed by atoms with Crippen LogP contribution in [-0.2, 0) is 9.59 Å². The van der Waals surface area contributed by atoms with Crippen LogP contribution in [0.3, 0.4) is 0 Å². The maximum Gasteiger partial charge on any atom is 0.242 e. The third kappa shape index (κ3) is 5.11. The summed E-state index contributed by atoms with van der Waals surface area (Å²) in [6, 6.07) is -0.463. The van der Waals surface area contributed by atoms with Gasteiger partial charge in [-0.05, 0) is 39.2 Å². The van der Waals surface area contributed by atoms with Crippen LogP contribution in [0.4, 0.5) is 0 Å². The van der Waals surface area contributed by atoms with E-state index >= 15 is 0 Å². The lowest BCUT2D eigenvalue weighted by molar-refractivity contribution is -0.128. The molecule has 1 unspecified atom stereocenters. The molecule has 1 aliphatic rings. The van der Waals surface area contributed by atoms with E-state index in [1.807, 2.05) is 6.92 Å². The summed E-state index contributed by atoms with van der Waals surface area (Å²) in [4.78, 5) is 22.7. The quantitative estimate of drug-likeness (QED) is 0.555. The minimum Gasteiger partial charge on any atom is -0.355 e. The van der Waals surface area contributed by atoms with Crippen molar-refractivity contribution in [3.63, 3.8) is 0 Å². The van der Waals surface area contributed by atoms with E-state index in [2.05, 4.69) is 16.0 Å². The van der Waals surface area contributed by atoms with Crippen molar-refractivity contribution in [3.8, 4) is 0 Å². The molecule has 5 nitrogen and oxygen atoms in total. The molecule has 5 heteroatoms. The van der Waals surface area contributed by atoms with Gasteiger partial charge in [0.1, 0.15) is 6.04 Å². The van der Waals surface area contributed by atoms with E-state index < -0.39 is 6.04 Å². The Balaban J connectivity index is 2.08. The number of likely N-dealkylation sites (N-methyl/N-ethyl adjacent to an activating group) is 1. The molecule has 0 heterocycles. The molecule has 1 saturated carbocycles. The summed E-state index contributed by atoms with van der Waals surface area (Å²) in [6.07, 6.45) is 2.54. The predicted molar refractivity (Wildman–Crippen MR) is 61.9 cm³/mol. The first-order valence-corrected chi connectivity index (χ1v) is 5.91. The molecule has 1 atom stereocenters. The molecule has 0 aliphatic heterocycles. The third-order valence-corrected chi connectivity index (χ3v) is 2.54. The lowest BCUT2D eigenvalue weighted by atomic mass is 10.3. The molecule has 92 valence electrons. The number of nitrogens with one attached hydrogen (secondary N) is 3. The van der Waals surface area contributed by atoms with Crippen molar-refractivity contribution in [1.29, 1.82) is 0 Å². The Morgan fingerprint density at radius 1 is 1.38 bits per heavy atom. The maximum absolute atomic E-state index is 11.4.